The van der Waals surface area contributed by atoms with E-state index in [0.717, 1.165) is 12.0 Å². The summed E-state index contributed by atoms with van der Waals surface area (Å²) in [4.78, 5) is 0. The van der Waals surface area contributed by atoms with Crippen LogP contribution < -0.4 is 0 Å². The van der Waals surface area contributed by atoms with Crippen LogP contribution >= 0.6 is 15.9 Å². The molecule has 0 aromatic heterocycles. The summed E-state index contributed by atoms with van der Waals surface area (Å²) in [6, 6.07) is 8.91. The number of allylic oxidation sites excluding steroid dienone is 3. The molecule has 2 aromatic rings. The molecule has 0 radical (unpaired) electrons. The van der Waals surface area contributed by atoms with Crippen molar-refractivity contribution in [3.8, 4) is 0 Å². The molecule has 0 aliphatic heterocycles. The molecule has 114 valence electrons. The number of hydrogen-bond acceptors (Lipinski definition) is 0. The van der Waals surface area contributed by atoms with Crippen LogP contribution in [-0.2, 0) is 5.41 Å². The molecule has 0 N–H and O–H groups in total. The summed E-state index contributed by atoms with van der Waals surface area (Å²) in [7, 11) is 0. The van der Waals surface area contributed by atoms with Crippen LogP contribution in [0.5, 0.6) is 0 Å². The first-order valence-corrected chi connectivity index (χ1v) is 8.71. The molecule has 0 nitrogen and oxygen atoms in total. The number of hydrogen-bond donors (Lipinski definition) is 0. The molecule has 0 fully saturated rings. The molecule has 3 rings (SSSR count). The normalized spacial score (nSPS) is 22.0. The molecule has 1 unspecified atom stereocenters. The van der Waals surface area contributed by atoms with E-state index >= 15 is 0 Å². The van der Waals surface area contributed by atoms with Crippen molar-refractivity contribution in [1.29, 1.82) is 0 Å². The third-order valence-corrected chi connectivity index (χ3v) is 6.02. The molecule has 22 heavy (non-hydrogen) atoms. The zero-order valence-electron chi connectivity index (χ0n) is 13.8. The topological polar surface area (TPSA) is 0 Å². The van der Waals surface area contributed by atoms with Crippen LogP contribution in [0.3, 0.4) is 0 Å². The third-order valence-electron chi connectivity index (χ3n) is 5.37. The molecule has 0 amide bonds. The number of benzene rings is 2. The molecule has 2 aromatic carbocycles. The fourth-order valence-electron chi connectivity index (χ4n) is 3.57. The molecule has 1 aliphatic carbocycles. The highest BCUT2D eigenvalue weighted by molar-refractivity contribution is 9.10. The van der Waals surface area contributed by atoms with Crippen molar-refractivity contribution in [2.75, 3.05) is 0 Å². The van der Waals surface area contributed by atoms with Crippen LogP contribution in [0.25, 0.3) is 16.3 Å². The third kappa shape index (κ3) is 2.27. The summed E-state index contributed by atoms with van der Waals surface area (Å²) < 4.78 is 1.17. The first kappa shape index (κ1) is 15.6. The Bertz CT molecular complexity index is 793. The molecular formula is C21H23Br. The highest BCUT2D eigenvalue weighted by Crippen LogP contribution is 2.44. The van der Waals surface area contributed by atoms with Gasteiger partial charge >= 0.3 is 0 Å². The second-order valence-electron chi connectivity index (χ2n) is 7.06. The quantitative estimate of drug-likeness (QED) is 0.488. The molecule has 1 heteroatoms. The van der Waals surface area contributed by atoms with Crippen molar-refractivity contribution in [3.63, 3.8) is 0 Å². The summed E-state index contributed by atoms with van der Waals surface area (Å²) in [5.74, 6) is 0.576. The van der Waals surface area contributed by atoms with E-state index in [0.29, 0.717) is 5.92 Å². The predicted molar refractivity (Wildman–Crippen MR) is 101 cm³/mol. The van der Waals surface area contributed by atoms with Gasteiger partial charge in [-0.05, 0) is 63.8 Å². The fraction of sp³-hybridized carbons (Fsp3) is 0.333. The highest BCUT2D eigenvalue weighted by Gasteiger charge is 2.31. The second-order valence-corrected chi connectivity index (χ2v) is 7.92. The van der Waals surface area contributed by atoms with Crippen molar-refractivity contribution < 1.29 is 0 Å². The van der Waals surface area contributed by atoms with Gasteiger partial charge in [0.1, 0.15) is 0 Å². The Morgan fingerprint density at radius 2 is 2.00 bits per heavy atom. The Labute approximate surface area is 142 Å². The summed E-state index contributed by atoms with van der Waals surface area (Å²) in [6.45, 7) is 13.6. The second kappa shape index (κ2) is 5.38. The maximum Gasteiger partial charge on any atom is 0.0256 e. The lowest BCUT2D eigenvalue weighted by Crippen LogP contribution is -2.26. The molecule has 0 heterocycles. The van der Waals surface area contributed by atoms with Gasteiger partial charge in [0.2, 0.25) is 0 Å². The van der Waals surface area contributed by atoms with Crippen LogP contribution in [0.1, 0.15) is 43.9 Å². The maximum atomic E-state index is 4.34. The van der Waals surface area contributed by atoms with E-state index in [-0.39, 0.29) is 5.41 Å². The Hall–Kier alpha value is -1.34. The Morgan fingerprint density at radius 1 is 1.27 bits per heavy atom. The summed E-state index contributed by atoms with van der Waals surface area (Å²) in [5, 5.41) is 2.65. The van der Waals surface area contributed by atoms with Gasteiger partial charge in [0, 0.05) is 4.47 Å². The van der Waals surface area contributed by atoms with Gasteiger partial charge in [-0.2, -0.15) is 0 Å². The molecule has 0 saturated carbocycles. The average Bonchev–Trinajstić information content (AvgIpc) is 2.48. The Balaban J connectivity index is 2.54. The monoisotopic (exact) mass is 354 g/mol. The maximum absolute atomic E-state index is 4.34. The van der Waals surface area contributed by atoms with Crippen LogP contribution in [0.2, 0.25) is 0 Å². The smallest absolute Gasteiger partial charge is 0.0256 e. The zero-order chi connectivity index (χ0) is 16.1. The van der Waals surface area contributed by atoms with Crippen molar-refractivity contribution in [3.05, 3.63) is 64.2 Å². The molecule has 0 saturated heterocycles. The lowest BCUT2D eigenvalue weighted by molar-refractivity contribution is 0.350. The van der Waals surface area contributed by atoms with Gasteiger partial charge in [0.05, 0.1) is 0 Å². The fourth-order valence-corrected chi connectivity index (χ4v) is 4.24. The Morgan fingerprint density at radius 3 is 2.73 bits per heavy atom. The summed E-state index contributed by atoms with van der Waals surface area (Å²) >= 11 is 3.76. The number of aryl methyl sites for hydroxylation is 1. The van der Waals surface area contributed by atoms with Crippen LogP contribution in [-0.4, -0.2) is 0 Å². The molecule has 0 spiro atoms. The van der Waals surface area contributed by atoms with E-state index in [2.05, 4.69) is 86.6 Å². The van der Waals surface area contributed by atoms with E-state index < -0.39 is 0 Å². The van der Waals surface area contributed by atoms with Crippen molar-refractivity contribution in [1.82, 2.24) is 0 Å². The van der Waals surface area contributed by atoms with Crippen LogP contribution in [0.4, 0.5) is 0 Å². The van der Waals surface area contributed by atoms with Gasteiger partial charge in [-0.1, -0.05) is 73.6 Å². The summed E-state index contributed by atoms with van der Waals surface area (Å²) in [5.41, 5.74) is 5.25. The minimum absolute atomic E-state index is 0.121. The number of rotatable bonds is 0. The van der Waals surface area contributed by atoms with E-state index in [1.54, 1.807) is 0 Å². The number of halogens is 1. The molecule has 1 atom stereocenters. The lowest BCUT2D eigenvalue weighted by Gasteiger charge is -2.33. The predicted octanol–water partition coefficient (Wildman–Crippen LogP) is 6.80. The standard InChI is InChI=1S/C21H23Br/c1-13-8-6-9-15(3)21(4,5)17-11-7-10-16-18(22)12-14(2)19(13)20(16)17/h6-8,10-12,15H,1,9H2,2-5H3/b8-6-. The average molecular weight is 355 g/mol. The van der Waals surface area contributed by atoms with Gasteiger partial charge in [-0.25, -0.2) is 0 Å². The Kier molecular flexibility index (Phi) is 3.81. The van der Waals surface area contributed by atoms with E-state index in [9.17, 15) is 0 Å². The largest absolute Gasteiger partial charge is 0.0911 e. The first-order chi connectivity index (χ1) is 10.3. The van der Waals surface area contributed by atoms with Gasteiger partial charge in [-0.15, -0.1) is 0 Å². The van der Waals surface area contributed by atoms with Gasteiger partial charge in [0.25, 0.3) is 0 Å². The van der Waals surface area contributed by atoms with Crippen LogP contribution in [0, 0.1) is 12.8 Å². The van der Waals surface area contributed by atoms with Crippen molar-refractivity contribution in [2.45, 2.75) is 39.5 Å². The van der Waals surface area contributed by atoms with Crippen molar-refractivity contribution >= 4 is 32.3 Å². The molecule has 1 aliphatic rings. The van der Waals surface area contributed by atoms with Gasteiger partial charge in [-0.3, -0.25) is 0 Å². The highest BCUT2D eigenvalue weighted by atomic mass is 79.9. The summed E-state index contributed by atoms with van der Waals surface area (Å²) in [6.07, 6.45) is 5.56. The molecular weight excluding hydrogens is 332 g/mol. The molecule has 0 bridgehead atoms. The van der Waals surface area contributed by atoms with E-state index in [4.69, 9.17) is 0 Å². The SMILES string of the molecule is C=C1/C=C\CC(C)C(C)(C)c2cccc3c(Br)cc(C)c1c23. The van der Waals surface area contributed by atoms with Gasteiger partial charge < -0.3 is 0 Å². The van der Waals surface area contributed by atoms with Crippen LogP contribution in [0.15, 0.2) is 47.5 Å². The lowest BCUT2D eigenvalue weighted by atomic mass is 9.71. The first-order valence-electron chi connectivity index (χ1n) is 7.92. The van der Waals surface area contributed by atoms with Crippen molar-refractivity contribution in [2.24, 2.45) is 5.92 Å². The van der Waals surface area contributed by atoms with Gasteiger partial charge in [0.15, 0.2) is 0 Å². The minimum atomic E-state index is 0.121. The van der Waals surface area contributed by atoms with E-state index in [1.807, 2.05) is 0 Å². The zero-order valence-corrected chi connectivity index (χ0v) is 15.4. The van der Waals surface area contributed by atoms with E-state index in [1.165, 1.54) is 31.9 Å². The minimum Gasteiger partial charge on any atom is -0.0911 e.